The number of aromatic hydroxyl groups is 2. The van der Waals surface area contributed by atoms with Crippen LogP contribution in [0.1, 0.15) is 55.5 Å². The summed E-state index contributed by atoms with van der Waals surface area (Å²) in [4.78, 5) is 37.5. The lowest BCUT2D eigenvalue weighted by atomic mass is 9.72. The number of alkyl halides is 1. The fourth-order valence-electron chi connectivity index (χ4n) is 4.04. The molecular formula is C20H15FO7. The molecule has 8 heteroatoms. The van der Waals surface area contributed by atoms with Crippen LogP contribution in [0.15, 0.2) is 24.3 Å². The highest BCUT2D eigenvalue weighted by Crippen LogP contribution is 2.50. The van der Waals surface area contributed by atoms with Crippen molar-refractivity contribution >= 4 is 17.3 Å². The normalized spacial score (nSPS) is 23.0. The van der Waals surface area contributed by atoms with Crippen LogP contribution >= 0.6 is 0 Å². The minimum Gasteiger partial charge on any atom is -0.507 e. The summed E-state index contributed by atoms with van der Waals surface area (Å²) in [6, 6.07) is 5.88. The van der Waals surface area contributed by atoms with Gasteiger partial charge in [0.05, 0.1) is 17.2 Å². The Kier molecular flexibility index (Phi) is 3.88. The number of halogens is 1. The van der Waals surface area contributed by atoms with Gasteiger partial charge < -0.3 is 20.4 Å². The number of Topliss-reactive ketones (excluding diaryl/α,β-unsaturated/α-hetero) is 1. The standard InChI is InChI=1S/C20H15FO7/c21-7-12(23)20(28)5-10-13(11(22)6-20)19(27)15-14(18(10)26)16(24)8-3-1-2-4-9(8)17(15)25/h1-4,11,22,26-28H,5-7H2/t11-,20-/m0/s1. The second-order valence-electron chi connectivity index (χ2n) is 7.03. The first kappa shape index (κ1) is 18.3. The largest absolute Gasteiger partial charge is 0.507 e. The molecule has 0 aromatic heterocycles. The number of carbonyl (C=O) groups excluding carboxylic acids is 3. The molecule has 144 valence electrons. The van der Waals surface area contributed by atoms with E-state index >= 15 is 0 Å². The Bertz CT molecular complexity index is 1070. The van der Waals surface area contributed by atoms with Crippen molar-refractivity contribution in [3.8, 4) is 11.5 Å². The number of rotatable bonds is 2. The Morgan fingerprint density at radius 1 is 1.07 bits per heavy atom. The Balaban J connectivity index is 2.00. The average molecular weight is 386 g/mol. The molecule has 4 rings (SSSR count). The van der Waals surface area contributed by atoms with Gasteiger partial charge in [0.1, 0.15) is 17.1 Å². The minimum absolute atomic E-state index is 0.0288. The van der Waals surface area contributed by atoms with Crippen LogP contribution in [0, 0.1) is 0 Å². The summed E-state index contributed by atoms with van der Waals surface area (Å²) in [5, 5.41) is 42.2. The van der Waals surface area contributed by atoms with E-state index in [0.717, 1.165) is 0 Å². The molecule has 0 saturated carbocycles. The predicted octanol–water partition coefficient (Wildman–Crippen LogP) is 1.12. The molecule has 2 aromatic rings. The van der Waals surface area contributed by atoms with Crippen LogP contribution in [0.25, 0.3) is 0 Å². The van der Waals surface area contributed by atoms with E-state index in [0.29, 0.717) is 0 Å². The van der Waals surface area contributed by atoms with Gasteiger partial charge in [0.15, 0.2) is 24.0 Å². The van der Waals surface area contributed by atoms with E-state index in [2.05, 4.69) is 0 Å². The molecule has 0 heterocycles. The fourth-order valence-corrected chi connectivity index (χ4v) is 4.04. The number of fused-ring (bicyclic) bond motifs is 3. The summed E-state index contributed by atoms with van der Waals surface area (Å²) in [6.07, 6.45) is -2.88. The van der Waals surface area contributed by atoms with Gasteiger partial charge in [0.2, 0.25) is 0 Å². The molecule has 4 N–H and O–H groups in total. The van der Waals surface area contributed by atoms with Crippen molar-refractivity contribution in [3.05, 3.63) is 57.6 Å². The maximum atomic E-state index is 12.9. The van der Waals surface area contributed by atoms with E-state index < -0.39 is 71.2 Å². The van der Waals surface area contributed by atoms with Gasteiger partial charge in [0, 0.05) is 35.1 Å². The smallest absolute Gasteiger partial charge is 0.198 e. The third-order valence-electron chi connectivity index (χ3n) is 5.43. The predicted molar refractivity (Wildman–Crippen MR) is 92.3 cm³/mol. The van der Waals surface area contributed by atoms with Crippen LogP contribution in [0.4, 0.5) is 4.39 Å². The van der Waals surface area contributed by atoms with E-state index in [-0.39, 0.29) is 22.3 Å². The summed E-state index contributed by atoms with van der Waals surface area (Å²) in [7, 11) is 0. The van der Waals surface area contributed by atoms with Crippen molar-refractivity contribution in [2.24, 2.45) is 0 Å². The Morgan fingerprint density at radius 2 is 1.61 bits per heavy atom. The van der Waals surface area contributed by atoms with E-state index in [1.807, 2.05) is 0 Å². The van der Waals surface area contributed by atoms with Gasteiger partial charge in [-0.25, -0.2) is 4.39 Å². The fraction of sp³-hybridized carbons (Fsp3) is 0.250. The molecule has 0 bridgehead atoms. The third kappa shape index (κ3) is 2.25. The van der Waals surface area contributed by atoms with E-state index in [1.165, 1.54) is 18.2 Å². The number of benzene rings is 2. The van der Waals surface area contributed by atoms with Crippen LogP contribution in [0.2, 0.25) is 0 Å². The van der Waals surface area contributed by atoms with Crippen molar-refractivity contribution in [2.75, 3.05) is 6.67 Å². The lowest BCUT2D eigenvalue weighted by Gasteiger charge is -2.36. The maximum Gasteiger partial charge on any atom is 0.198 e. The monoisotopic (exact) mass is 386 g/mol. The second kappa shape index (κ2) is 5.95. The van der Waals surface area contributed by atoms with E-state index in [9.17, 15) is 39.2 Å². The van der Waals surface area contributed by atoms with Crippen LogP contribution < -0.4 is 0 Å². The molecule has 0 saturated heterocycles. The van der Waals surface area contributed by atoms with E-state index in [1.54, 1.807) is 6.07 Å². The van der Waals surface area contributed by atoms with Gasteiger partial charge in [-0.3, -0.25) is 14.4 Å². The highest BCUT2D eigenvalue weighted by atomic mass is 19.1. The SMILES string of the molecule is O=C1c2ccccc2C(=O)c2c(O)c3c(c(O)c21)C[C@@](O)(C(=O)CF)C[C@@H]3O. The maximum absolute atomic E-state index is 12.9. The molecule has 2 atom stereocenters. The summed E-state index contributed by atoms with van der Waals surface area (Å²) < 4.78 is 12.8. The zero-order valence-corrected chi connectivity index (χ0v) is 14.4. The highest BCUT2D eigenvalue weighted by Gasteiger charge is 2.47. The summed E-state index contributed by atoms with van der Waals surface area (Å²) in [6.45, 7) is -1.49. The minimum atomic E-state index is -2.31. The van der Waals surface area contributed by atoms with Crippen molar-refractivity contribution in [1.82, 2.24) is 0 Å². The first-order valence-electron chi connectivity index (χ1n) is 8.50. The third-order valence-corrected chi connectivity index (χ3v) is 5.43. The number of hydrogen-bond acceptors (Lipinski definition) is 7. The molecule has 0 radical (unpaired) electrons. The topological polar surface area (TPSA) is 132 Å². The molecule has 0 unspecified atom stereocenters. The Labute approximate surface area is 157 Å². The molecule has 2 aliphatic rings. The van der Waals surface area contributed by atoms with Crippen LogP contribution in [0.3, 0.4) is 0 Å². The molecule has 2 aromatic carbocycles. The van der Waals surface area contributed by atoms with Crippen LogP contribution in [-0.4, -0.2) is 50.1 Å². The zero-order chi connectivity index (χ0) is 20.4. The first-order valence-corrected chi connectivity index (χ1v) is 8.50. The lowest BCUT2D eigenvalue weighted by Crippen LogP contribution is -2.46. The first-order chi connectivity index (χ1) is 13.2. The highest BCUT2D eigenvalue weighted by molar-refractivity contribution is 6.30. The lowest BCUT2D eigenvalue weighted by molar-refractivity contribution is -0.142. The molecular weight excluding hydrogens is 371 g/mol. The average Bonchev–Trinajstić information content (AvgIpc) is 2.67. The molecule has 0 spiro atoms. The van der Waals surface area contributed by atoms with Crippen molar-refractivity contribution in [1.29, 1.82) is 0 Å². The molecule has 28 heavy (non-hydrogen) atoms. The molecule has 7 nitrogen and oxygen atoms in total. The Morgan fingerprint density at radius 3 is 2.14 bits per heavy atom. The Hall–Kier alpha value is -3.10. The number of carbonyl (C=O) groups is 3. The number of hydrogen-bond donors (Lipinski definition) is 4. The van der Waals surface area contributed by atoms with Gasteiger partial charge >= 0.3 is 0 Å². The van der Waals surface area contributed by atoms with Crippen LogP contribution in [0.5, 0.6) is 11.5 Å². The van der Waals surface area contributed by atoms with E-state index in [4.69, 9.17) is 0 Å². The van der Waals surface area contributed by atoms with Gasteiger partial charge in [-0.1, -0.05) is 24.3 Å². The van der Waals surface area contributed by atoms with Gasteiger partial charge in [0.25, 0.3) is 0 Å². The van der Waals surface area contributed by atoms with Crippen molar-refractivity contribution < 1.29 is 39.2 Å². The van der Waals surface area contributed by atoms with Gasteiger partial charge in [-0.15, -0.1) is 0 Å². The number of phenolic OH excluding ortho intramolecular Hbond substituents is 2. The van der Waals surface area contributed by atoms with Crippen molar-refractivity contribution in [2.45, 2.75) is 24.5 Å². The molecule has 2 aliphatic carbocycles. The number of aliphatic hydroxyl groups is 2. The summed E-state index contributed by atoms with van der Waals surface area (Å²) in [5.74, 6) is -4.03. The molecule has 0 amide bonds. The number of ketones is 3. The van der Waals surface area contributed by atoms with Crippen molar-refractivity contribution in [3.63, 3.8) is 0 Å². The van der Waals surface area contributed by atoms with Gasteiger partial charge in [-0.05, 0) is 0 Å². The molecule has 0 aliphatic heterocycles. The zero-order valence-electron chi connectivity index (χ0n) is 14.4. The second-order valence-corrected chi connectivity index (χ2v) is 7.03. The van der Waals surface area contributed by atoms with Gasteiger partial charge in [-0.2, -0.15) is 0 Å². The summed E-state index contributed by atoms with van der Waals surface area (Å²) in [5.41, 5.74) is -3.66. The number of aliphatic hydroxyl groups excluding tert-OH is 1. The number of phenols is 2. The summed E-state index contributed by atoms with van der Waals surface area (Å²) >= 11 is 0. The van der Waals surface area contributed by atoms with Crippen LogP contribution in [-0.2, 0) is 11.2 Å². The molecule has 0 fully saturated rings. The quantitative estimate of drug-likeness (QED) is 0.485.